The first-order valence-electron chi connectivity index (χ1n) is 10.9. The molecule has 192 valence electrons. The Balaban J connectivity index is 2.51. The molecular weight excluding hydrogens is 462 g/mol. The highest BCUT2D eigenvalue weighted by Gasteiger charge is 2.52. The summed E-state index contributed by atoms with van der Waals surface area (Å²) in [5.74, 6) is -1.79. The predicted molar refractivity (Wildman–Crippen MR) is 122 cm³/mol. The minimum Gasteiger partial charge on any atom is -0.493 e. The summed E-state index contributed by atoms with van der Waals surface area (Å²) in [6, 6.07) is 4.10. The fourth-order valence-corrected chi connectivity index (χ4v) is 3.59. The van der Waals surface area contributed by atoms with Crippen LogP contribution >= 0.6 is 0 Å². The first-order valence-corrected chi connectivity index (χ1v) is 10.9. The number of hydrogen-bond donors (Lipinski definition) is 1. The summed E-state index contributed by atoms with van der Waals surface area (Å²) < 4.78 is 33.4. The van der Waals surface area contributed by atoms with Gasteiger partial charge in [0.15, 0.2) is 23.7 Å². The van der Waals surface area contributed by atoms with E-state index in [0.717, 1.165) is 5.56 Å². The van der Waals surface area contributed by atoms with Crippen molar-refractivity contribution in [2.75, 3.05) is 13.7 Å². The third-order valence-electron chi connectivity index (χ3n) is 4.86. The second kappa shape index (κ2) is 12.7. The van der Waals surface area contributed by atoms with Gasteiger partial charge < -0.3 is 33.7 Å². The highest BCUT2D eigenvalue weighted by molar-refractivity contribution is 5.73. The molecule has 1 fully saturated rings. The molecule has 0 saturated carbocycles. The van der Waals surface area contributed by atoms with Crippen molar-refractivity contribution in [2.45, 2.75) is 65.3 Å². The molecule has 0 aliphatic carbocycles. The lowest BCUT2D eigenvalue weighted by atomic mass is 9.96. The zero-order valence-corrected chi connectivity index (χ0v) is 20.6. The van der Waals surface area contributed by atoms with Gasteiger partial charge in [-0.1, -0.05) is 18.2 Å². The lowest BCUT2D eigenvalue weighted by Crippen LogP contribution is -2.67. The molecule has 1 aromatic rings. The van der Waals surface area contributed by atoms with Crippen LogP contribution in [0.2, 0.25) is 0 Å². The van der Waals surface area contributed by atoms with Gasteiger partial charge in [-0.3, -0.25) is 19.2 Å². The number of benzene rings is 1. The van der Waals surface area contributed by atoms with Gasteiger partial charge in [0.05, 0.1) is 7.11 Å². The van der Waals surface area contributed by atoms with E-state index >= 15 is 0 Å². The Hall–Kier alpha value is -3.60. The van der Waals surface area contributed by atoms with Crippen molar-refractivity contribution in [1.82, 2.24) is 5.32 Å². The maximum atomic E-state index is 12.0. The quantitative estimate of drug-likeness (QED) is 0.400. The summed E-state index contributed by atoms with van der Waals surface area (Å²) in [4.78, 5) is 47.3. The van der Waals surface area contributed by atoms with Gasteiger partial charge >= 0.3 is 17.9 Å². The molecule has 11 nitrogen and oxygen atoms in total. The third-order valence-corrected chi connectivity index (χ3v) is 4.86. The predicted octanol–water partition coefficient (Wildman–Crippen LogP) is 1.76. The van der Waals surface area contributed by atoms with Gasteiger partial charge in [-0.05, 0) is 24.6 Å². The average Bonchev–Trinajstić information content (AvgIpc) is 2.76. The van der Waals surface area contributed by atoms with Crippen molar-refractivity contribution < 1.29 is 47.6 Å². The summed E-state index contributed by atoms with van der Waals surface area (Å²) in [5, 5.41) is 2.65. The van der Waals surface area contributed by atoms with Crippen molar-refractivity contribution in [1.29, 1.82) is 0 Å². The van der Waals surface area contributed by atoms with Crippen molar-refractivity contribution in [2.24, 2.45) is 0 Å². The van der Waals surface area contributed by atoms with Crippen molar-refractivity contribution in [3.63, 3.8) is 0 Å². The van der Waals surface area contributed by atoms with Gasteiger partial charge in [0.1, 0.15) is 18.8 Å². The molecular formula is C24H31NO10. The van der Waals surface area contributed by atoms with Gasteiger partial charge in [0, 0.05) is 27.7 Å². The summed E-state index contributed by atoms with van der Waals surface area (Å²) in [6.07, 6.45) is -0.990. The van der Waals surface area contributed by atoms with Gasteiger partial charge in [0.25, 0.3) is 0 Å². The normalized spacial score (nSPS) is 23.8. The fraction of sp³-hybridized carbons (Fsp3) is 0.500. The van der Waals surface area contributed by atoms with Crippen LogP contribution in [0.25, 0.3) is 6.08 Å². The summed E-state index contributed by atoms with van der Waals surface area (Å²) in [5.41, 5.74) is 0.861. The molecule has 1 aliphatic heterocycles. The molecule has 0 aromatic heterocycles. The van der Waals surface area contributed by atoms with Crippen LogP contribution in [-0.2, 0) is 38.1 Å². The number of methoxy groups -OCH3 is 1. The van der Waals surface area contributed by atoms with E-state index in [2.05, 4.69) is 5.32 Å². The van der Waals surface area contributed by atoms with E-state index in [4.69, 9.17) is 28.4 Å². The van der Waals surface area contributed by atoms with E-state index < -0.39 is 54.5 Å². The number of ether oxygens (including phenoxy) is 6. The monoisotopic (exact) mass is 493 g/mol. The van der Waals surface area contributed by atoms with Crippen LogP contribution in [0.3, 0.4) is 0 Å². The molecule has 5 atom stereocenters. The molecule has 0 radical (unpaired) electrons. The lowest BCUT2D eigenvalue weighted by Gasteiger charge is -2.44. The largest absolute Gasteiger partial charge is 0.493 e. The van der Waals surface area contributed by atoms with Crippen molar-refractivity contribution in [3.8, 4) is 11.5 Å². The summed E-state index contributed by atoms with van der Waals surface area (Å²) in [7, 11) is 1.47. The van der Waals surface area contributed by atoms with Gasteiger partial charge in [-0.15, -0.1) is 0 Å². The molecule has 1 aromatic carbocycles. The Bertz CT molecular complexity index is 960. The zero-order chi connectivity index (χ0) is 26.1. The Labute approximate surface area is 203 Å². The minimum atomic E-state index is -1.24. The van der Waals surface area contributed by atoms with Crippen LogP contribution in [0.15, 0.2) is 24.3 Å². The van der Waals surface area contributed by atoms with Crippen LogP contribution in [0.1, 0.15) is 40.2 Å². The maximum absolute atomic E-state index is 12.0. The Morgan fingerprint density at radius 3 is 2.17 bits per heavy atom. The number of nitrogens with one attached hydrogen (secondary N) is 1. The van der Waals surface area contributed by atoms with Crippen LogP contribution in [-0.4, -0.2) is 68.2 Å². The maximum Gasteiger partial charge on any atom is 0.303 e. The Morgan fingerprint density at radius 1 is 0.971 bits per heavy atom. The van der Waals surface area contributed by atoms with E-state index in [9.17, 15) is 19.2 Å². The molecule has 1 heterocycles. The number of carbonyl (C=O) groups is 4. The number of allylic oxidation sites excluding steroid dienone is 1. The minimum absolute atomic E-state index is 0.278. The fourth-order valence-electron chi connectivity index (χ4n) is 3.59. The zero-order valence-electron chi connectivity index (χ0n) is 20.6. The Morgan fingerprint density at radius 2 is 1.63 bits per heavy atom. The van der Waals surface area contributed by atoms with E-state index in [0.29, 0.717) is 5.75 Å². The first kappa shape index (κ1) is 27.6. The van der Waals surface area contributed by atoms with Crippen LogP contribution in [0.4, 0.5) is 0 Å². The highest BCUT2D eigenvalue weighted by atomic mass is 16.7. The van der Waals surface area contributed by atoms with E-state index in [-0.39, 0.29) is 12.4 Å². The third kappa shape index (κ3) is 7.99. The second-order valence-corrected chi connectivity index (χ2v) is 7.75. The molecule has 11 heteroatoms. The number of esters is 3. The highest BCUT2D eigenvalue weighted by Crippen LogP contribution is 2.34. The number of hydrogen-bond acceptors (Lipinski definition) is 10. The van der Waals surface area contributed by atoms with Gasteiger partial charge in [-0.2, -0.15) is 0 Å². The second-order valence-electron chi connectivity index (χ2n) is 7.75. The van der Waals surface area contributed by atoms with E-state index in [1.54, 1.807) is 18.2 Å². The van der Waals surface area contributed by atoms with Crippen molar-refractivity contribution in [3.05, 3.63) is 29.8 Å². The van der Waals surface area contributed by atoms with Crippen LogP contribution in [0, 0.1) is 0 Å². The summed E-state index contributed by atoms with van der Waals surface area (Å²) in [6.45, 7) is 6.36. The molecule has 35 heavy (non-hydrogen) atoms. The molecule has 1 saturated heterocycles. The SMILES string of the molecule is C/C=C/c1ccc(O[C@@H]2O[C@H](COC(C)=O)[C@H](OC(C)=O)[C@H](OC(C)=O)[C@H]2NC(C)=O)c(OC)c1. The molecule has 1 N–H and O–H groups in total. The van der Waals surface area contributed by atoms with Gasteiger partial charge in [-0.25, -0.2) is 0 Å². The molecule has 2 rings (SSSR count). The average molecular weight is 494 g/mol. The molecule has 0 bridgehead atoms. The Kier molecular flexibility index (Phi) is 10.1. The molecule has 1 amide bonds. The topological polar surface area (TPSA) is 136 Å². The van der Waals surface area contributed by atoms with E-state index in [1.807, 2.05) is 19.1 Å². The van der Waals surface area contributed by atoms with Crippen LogP contribution < -0.4 is 14.8 Å². The number of rotatable bonds is 9. The van der Waals surface area contributed by atoms with Gasteiger partial charge in [0.2, 0.25) is 12.2 Å². The van der Waals surface area contributed by atoms with Crippen molar-refractivity contribution >= 4 is 29.9 Å². The standard InChI is InChI=1S/C24H31NO10/c1-7-8-17-9-10-18(19(11-17)30-6)34-24-21(25-13(2)26)23(33-16(5)29)22(32-15(4)28)20(35-24)12-31-14(3)27/h7-11,20-24H,12H2,1-6H3,(H,25,26)/b8-7+/t20-,21-,22+,23-,24-/m1/s1. The molecule has 0 unspecified atom stereocenters. The number of amides is 1. The first-order chi connectivity index (χ1) is 16.5. The molecule has 1 aliphatic rings. The lowest BCUT2D eigenvalue weighted by molar-refractivity contribution is -0.257. The van der Waals surface area contributed by atoms with Crippen LogP contribution in [0.5, 0.6) is 11.5 Å². The smallest absolute Gasteiger partial charge is 0.303 e. The summed E-state index contributed by atoms with van der Waals surface area (Å²) >= 11 is 0. The van der Waals surface area contributed by atoms with E-state index in [1.165, 1.54) is 34.8 Å². The number of carbonyl (C=O) groups excluding carboxylic acids is 4. The molecule has 0 spiro atoms.